The summed E-state index contributed by atoms with van der Waals surface area (Å²) in [6, 6.07) is 5.19. The monoisotopic (exact) mass is 439 g/mol. The standard InChI is InChI=1S/C20H22ClNO6S/c21-12-4-3-10(20-19(26)18(25)17(24)14(9-23)28-20)6-11(12)7-16-22-8-15(29-16)13-2-1-5-27-13/h2-4,6,8,14,17-20,23-26H,1,5,7,9H2/t14-,17-,18+,19-,20+/m1/s1. The summed E-state index contributed by atoms with van der Waals surface area (Å²) in [6.07, 6.45) is -0.789. The van der Waals surface area contributed by atoms with Gasteiger partial charge in [-0.2, -0.15) is 0 Å². The number of aromatic nitrogens is 1. The third-order valence-electron chi connectivity index (χ3n) is 5.13. The van der Waals surface area contributed by atoms with Crippen molar-refractivity contribution in [1.29, 1.82) is 0 Å². The van der Waals surface area contributed by atoms with E-state index < -0.39 is 37.1 Å². The van der Waals surface area contributed by atoms with Crippen LogP contribution >= 0.6 is 22.9 Å². The maximum Gasteiger partial charge on any atom is 0.134 e. The molecule has 156 valence electrons. The lowest BCUT2D eigenvalue weighted by molar-refractivity contribution is -0.231. The zero-order chi connectivity index (χ0) is 20.5. The highest BCUT2D eigenvalue weighted by Crippen LogP contribution is 2.35. The molecule has 9 heteroatoms. The number of hydrogen-bond acceptors (Lipinski definition) is 8. The highest BCUT2D eigenvalue weighted by Gasteiger charge is 2.44. The second kappa shape index (κ2) is 8.69. The molecule has 1 saturated heterocycles. The van der Waals surface area contributed by atoms with E-state index in [0.29, 0.717) is 23.6 Å². The minimum Gasteiger partial charge on any atom is -0.492 e. The van der Waals surface area contributed by atoms with Gasteiger partial charge in [0.15, 0.2) is 0 Å². The Hall–Kier alpha value is -1.52. The first-order valence-corrected chi connectivity index (χ1v) is 10.5. The van der Waals surface area contributed by atoms with Gasteiger partial charge in [-0.15, -0.1) is 11.3 Å². The van der Waals surface area contributed by atoms with Crippen molar-refractivity contribution in [3.8, 4) is 0 Å². The Balaban J connectivity index is 1.56. The van der Waals surface area contributed by atoms with Gasteiger partial charge in [0.1, 0.15) is 36.3 Å². The maximum atomic E-state index is 10.4. The van der Waals surface area contributed by atoms with E-state index >= 15 is 0 Å². The van der Waals surface area contributed by atoms with Crippen molar-refractivity contribution < 1.29 is 29.9 Å². The van der Waals surface area contributed by atoms with Gasteiger partial charge in [0, 0.05) is 24.1 Å². The zero-order valence-corrected chi connectivity index (χ0v) is 17.0. The van der Waals surface area contributed by atoms with Crippen LogP contribution in [0.15, 0.2) is 30.5 Å². The average molecular weight is 440 g/mol. The Kier molecular flexibility index (Phi) is 6.21. The molecule has 0 aliphatic carbocycles. The van der Waals surface area contributed by atoms with Crippen LogP contribution in [0.4, 0.5) is 0 Å². The van der Waals surface area contributed by atoms with Crippen molar-refractivity contribution in [2.24, 2.45) is 0 Å². The molecule has 1 aromatic heterocycles. The summed E-state index contributed by atoms with van der Waals surface area (Å²) in [7, 11) is 0. The summed E-state index contributed by atoms with van der Waals surface area (Å²) >= 11 is 7.90. The molecule has 0 radical (unpaired) electrons. The van der Waals surface area contributed by atoms with E-state index in [-0.39, 0.29) is 0 Å². The van der Waals surface area contributed by atoms with E-state index in [1.807, 2.05) is 6.08 Å². The summed E-state index contributed by atoms with van der Waals surface area (Å²) in [5.74, 6) is 0.856. The number of thiazole rings is 1. The van der Waals surface area contributed by atoms with Gasteiger partial charge in [0.2, 0.25) is 0 Å². The molecule has 0 bridgehead atoms. The van der Waals surface area contributed by atoms with Crippen LogP contribution in [0.5, 0.6) is 0 Å². The molecule has 0 spiro atoms. The smallest absolute Gasteiger partial charge is 0.134 e. The van der Waals surface area contributed by atoms with Crippen molar-refractivity contribution in [2.45, 2.75) is 43.4 Å². The fraction of sp³-hybridized carbons (Fsp3) is 0.450. The van der Waals surface area contributed by atoms with Crippen molar-refractivity contribution in [3.63, 3.8) is 0 Å². The molecule has 3 heterocycles. The first kappa shape index (κ1) is 20.7. The topological polar surface area (TPSA) is 112 Å². The summed E-state index contributed by atoms with van der Waals surface area (Å²) in [5, 5.41) is 41.2. The number of aliphatic hydroxyl groups excluding tert-OH is 4. The summed E-state index contributed by atoms with van der Waals surface area (Å²) in [4.78, 5) is 5.42. The number of halogens is 1. The van der Waals surface area contributed by atoms with Crippen LogP contribution in [0.1, 0.15) is 33.5 Å². The van der Waals surface area contributed by atoms with E-state index in [2.05, 4.69) is 4.98 Å². The second-order valence-corrected chi connectivity index (χ2v) is 8.62. The van der Waals surface area contributed by atoms with Gasteiger partial charge < -0.3 is 29.9 Å². The molecule has 7 nitrogen and oxygen atoms in total. The molecule has 2 aliphatic heterocycles. The van der Waals surface area contributed by atoms with Gasteiger partial charge >= 0.3 is 0 Å². The van der Waals surface area contributed by atoms with Crippen molar-refractivity contribution in [2.75, 3.05) is 13.2 Å². The van der Waals surface area contributed by atoms with Gasteiger partial charge in [-0.05, 0) is 23.3 Å². The van der Waals surface area contributed by atoms with Gasteiger partial charge in [0.05, 0.1) is 23.1 Å². The van der Waals surface area contributed by atoms with Crippen molar-refractivity contribution in [3.05, 3.63) is 56.5 Å². The Morgan fingerprint density at radius 1 is 1.17 bits per heavy atom. The van der Waals surface area contributed by atoms with Crippen LogP contribution in [-0.4, -0.2) is 63.0 Å². The van der Waals surface area contributed by atoms with Crippen LogP contribution in [0.3, 0.4) is 0 Å². The molecular formula is C20H22ClNO6S. The molecule has 1 aromatic carbocycles. The first-order chi connectivity index (χ1) is 14.0. The van der Waals surface area contributed by atoms with Crippen LogP contribution in [0.2, 0.25) is 5.02 Å². The Labute approximate surface area is 176 Å². The molecular weight excluding hydrogens is 418 g/mol. The van der Waals surface area contributed by atoms with Crippen molar-refractivity contribution >= 4 is 28.7 Å². The van der Waals surface area contributed by atoms with E-state index in [1.165, 1.54) is 11.3 Å². The first-order valence-electron chi connectivity index (χ1n) is 9.35. The third-order valence-corrected chi connectivity index (χ3v) is 6.51. The third kappa shape index (κ3) is 4.20. The zero-order valence-electron chi connectivity index (χ0n) is 15.4. The van der Waals surface area contributed by atoms with E-state index in [0.717, 1.165) is 27.6 Å². The number of ether oxygens (including phenoxy) is 2. The maximum absolute atomic E-state index is 10.4. The summed E-state index contributed by atoms with van der Waals surface area (Å²) in [6.45, 7) is 0.219. The second-order valence-electron chi connectivity index (χ2n) is 7.10. The molecule has 2 aromatic rings. The van der Waals surface area contributed by atoms with Crippen LogP contribution in [-0.2, 0) is 15.9 Å². The summed E-state index contributed by atoms with van der Waals surface area (Å²) < 4.78 is 11.2. The largest absolute Gasteiger partial charge is 0.492 e. The molecule has 0 amide bonds. The lowest BCUT2D eigenvalue weighted by atomic mass is 9.90. The molecule has 29 heavy (non-hydrogen) atoms. The van der Waals surface area contributed by atoms with Gasteiger partial charge in [-0.25, -0.2) is 4.98 Å². The van der Waals surface area contributed by atoms with E-state index in [4.69, 9.17) is 21.1 Å². The van der Waals surface area contributed by atoms with Gasteiger partial charge in [-0.3, -0.25) is 0 Å². The summed E-state index contributed by atoms with van der Waals surface area (Å²) in [5.41, 5.74) is 1.39. The quantitative estimate of drug-likeness (QED) is 0.560. The molecule has 4 N–H and O–H groups in total. The number of nitrogens with zero attached hydrogens (tertiary/aromatic N) is 1. The molecule has 0 saturated carbocycles. The minimum atomic E-state index is -1.42. The number of aliphatic hydroxyl groups is 4. The highest BCUT2D eigenvalue weighted by molar-refractivity contribution is 7.12. The Morgan fingerprint density at radius 3 is 2.72 bits per heavy atom. The fourth-order valence-electron chi connectivity index (χ4n) is 3.54. The average Bonchev–Trinajstić information content (AvgIpc) is 3.40. The molecule has 1 fully saturated rings. The normalized spacial score (nSPS) is 29.6. The van der Waals surface area contributed by atoms with Gasteiger partial charge in [0.25, 0.3) is 0 Å². The number of hydrogen-bond donors (Lipinski definition) is 4. The predicted octanol–water partition coefficient (Wildman–Crippen LogP) is 1.66. The molecule has 0 unspecified atom stereocenters. The Morgan fingerprint density at radius 2 is 2.00 bits per heavy atom. The SMILES string of the molecule is OC[C@H]1O[C@@H](c2ccc(Cl)c(Cc3ncc(C4=CCCO4)s3)c2)[C@H](O)[C@@H](O)[C@@H]1O. The van der Waals surface area contributed by atoms with E-state index in [9.17, 15) is 20.4 Å². The van der Waals surface area contributed by atoms with Crippen LogP contribution < -0.4 is 0 Å². The van der Waals surface area contributed by atoms with Crippen LogP contribution in [0, 0.1) is 0 Å². The Bertz CT molecular complexity index is 901. The van der Waals surface area contributed by atoms with Crippen molar-refractivity contribution in [1.82, 2.24) is 4.98 Å². The lowest BCUT2D eigenvalue weighted by Gasteiger charge is -2.40. The predicted molar refractivity (Wildman–Crippen MR) is 108 cm³/mol. The lowest BCUT2D eigenvalue weighted by Crippen LogP contribution is -2.55. The van der Waals surface area contributed by atoms with Crippen LogP contribution in [0.25, 0.3) is 5.76 Å². The minimum absolute atomic E-state index is 0.471. The molecule has 4 rings (SSSR count). The fourth-order valence-corrected chi connectivity index (χ4v) is 4.66. The number of rotatable bonds is 5. The molecule has 2 aliphatic rings. The highest BCUT2D eigenvalue weighted by atomic mass is 35.5. The molecule has 5 atom stereocenters. The van der Waals surface area contributed by atoms with E-state index in [1.54, 1.807) is 24.4 Å². The van der Waals surface area contributed by atoms with Gasteiger partial charge in [-0.1, -0.05) is 23.7 Å². The number of benzene rings is 1.